The van der Waals surface area contributed by atoms with Gasteiger partial charge < -0.3 is 10.0 Å². The number of piperidine rings is 1. The van der Waals surface area contributed by atoms with Gasteiger partial charge in [-0.2, -0.15) is 0 Å². The van der Waals surface area contributed by atoms with Crippen LogP contribution in [-0.4, -0.2) is 77.7 Å². The molecule has 2 aliphatic rings. The summed E-state index contributed by atoms with van der Waals surface area (Å²) in [6, 6.07) is -0.0518. The van der Waals surface area contributed by atoms with E-state index in [1.54, 1.807) is 4.90 Å². The number of nitrogens with one attached hydrogen (secondary N) is 1. The van der Waals surface area contributed by atoms with Crippen molar-refractivity contribution in [2.45, 2.75) is 25.7 Å². The van der Waals surface area contributed by atoms with Gasteiger partial charge in [0.05, 0.1) is 6.54 Å². The van der Waals surface area contributed by atoms with Gasteiger partial charge in [0.25, 0.3) is 0 Å². The molecule has 0 unspecified atom stereocenters. The van der Waals surface area contributed by atoms with E-state index in [1.165, 1.54) is 6.42 Å². The Bertz CT molecular complexity index is 345. The van der Waals surface area contributed by atoms with Gasteiger partial charge in [-0.1, -0.05) is 6.42 Å². The first-order chi connectivity index (χ1) is 9.65. The minimum Gasteiger partial charge on any atom is -0.480 e. The zero-order valence-corrected chi connectivity index (χ0v) is 11.9. The Morgan fingerprint density at radius 1 is 0.900 bits per heavy atom. The maximum atomic E-state index is 12.2. The predicted molar refractivity (Wildman–Crippen MR) is 74.2 cm³/mol. The van der Waals surface area contributed by atoms with Gasteiger partial charge in [0.1, 0.15) is 0 Å². The molecule has 0 aromatic rings. The van der Waals surface area contributed by atoms with Gasteiger partial charge in [-0.3, -0.25) is 15.1 Å². The number of carbonyl (C=O) groups excluding carboxylic acids is 1. The van der Waals surface area contributed by atoms with Gasteiger partial charge in [0.2, 0.25) is 0 Å². The molecule has 2 saturated heterocycles. The largest absolute Gasteiger partial charge is 0.480 e. The average molecular weight is 284 g/mol. The van der Waals surface area contributed by atoms with Crippen molar-refractivity contribution >= 4 is 12.0 Å². The molecule has 0 aliphatic carbocycles. The average Bonchev–Trinajstić information content (AvgIpc) is 2.65. The summed E-state index contributed by atoms with van der Waals surface area (Å²) in [5.74, 6) is -0.809. The summed E-state index contributed by atoms with van der Waals surface area (Å²) in [6.07, 6.45) is 4.32. The fourth-order valence-corrected chi connectivity index (χ4v) is 2.74. The van der Waals surface area contributed by atoms with E-state index in [4.69, 9.17) is 5.11 Å². The monoisotopic (exact) mass is 284 g/mol. The van der Waals surface area contributed by atoms with E-state index in [-0.39, 0.29) is 12.6 Å². The van der Waals surface area contributed by atoms with Crippen LogP contribution in [-0.2, 0) is 4.79 Å². The summed E-state index contributed by atoms with van der Waals surface area (Å²) >= 11 is 0. The first kappa shape index (κ1) is 15.1. The second-order valence-electron chi connectivity index (χ2n) is 5.48. The molecule has 0 aromatic carbocycles. The third-order valence-corrected chi connectivity index (χ3v) is 3.84. The van der Waals surface area contributed by atoms with Crippen molar-refractivity contribution in [1.82, 2.24) is 20.2 Å². The molecule has 7 heteroatoms. The van der Waals surface area contributed by atoms with Crippen LogP contribution in [0.4, 0.5) is 4.79 Å². The number of hydrazine groups is 1. The summed E-state index contributed by atoms with van der Waals surface area (Å²) in [5, 5.41) is 10.8. The lowest BCUT2D eigenvalue weighted by Crippen LogP contribution is -2.51. The highest BCUT2D eigenvalue weighted by Crippen LogP contribution is 2.07. The molecule has 0 bridgehead atoms. The number of carboxylic acid groups (broad SMARTS) is 1. The number of hydrogen-bond acceptors (Lipinski definition) is 4. The Hall–Kier alpha value is -1.34. The molecule has 0 atom stereocenters. The lowest BCUT2D eigenvalue weighted by atomic mass is 10.2. The Labute approximate surface area is 119 Å². The maximum absolute atomic E-state index is 12.2. The van der Waals surface area contributed by atoms with E-state index in [0.717, 1.165) is 38.9 Å². The lowest BCUT2D eigenvalue weighted by Gasteiger charge is -2.30. The number of amides is 2. The van der Waals surface area contributed by atoms with E-state index in [9.17, 15) is 9.59 Å². The predicted octanol–water partition coefficient (Wildman–Crippen LogP) is 0.189. The quantitative estimate of drug-likeness (QED) is 0.774. The first-order valence-corrected chi connectivity index (χ1v) is 7.40. The molecule has 0 spiro atoms. The Morgan fingerprint density at radius 3 is 2.35 bits per heavy atom. The maximum Gasteiger partial charge on any atom is 0.331 e. The molecular formula is C13H24N4O3. The van der Waals surface area contributed by atoms with Crippen molar-refractivity contribution in [1.29, 1.82) is 0 Å². The normalized spacial score (nSPS) is 22.3. The van der Waals surface area contributed by atoms with Crippen molar-refractivity contribution in [2.24, 2.45) is 0 Å². The molecule has 7 nitrogen and oxygen atoms in total. The number of aliphatic carboxylic acids is 1. The molecule has 0 radical (unpaired) electrons. The van der Waals surface area contributed by atoms with Crippen LogP contribution in [0.5, 0.6) is 0 Å². The van der Waals surface area contributed by atoms with Gasteiger partial charge in [0, 0.05) is 39.3 Å². The van der Waals surface area contributed by atoms with Gasteiger partial charge in [-0.25, -0.2) is 9.80 Å². The van der Waals surface area contributed by atoms with Crippen LogP contribution in [0.15, 0.2) is 0 Å². The SMILES string of the molecule is O=C(O)CN1CCCN(C(=O)NN2CCCCC2)CC1. The molecule has 2 rings (SSSR count). The molecule has 2 aliphatic heterocycles. The van der Waals surface area contributed by atoms with Crippen LogP contribution < -0.4 is 5.43 Å². The van der Waals surface area contributed by atoms with Crippen LogP contribution in [0.25, 0.3) is 0 Å². The van der Waals surface area contributed by atoms with Crippen molar-refractivity contribution < 1.29 is 14.7 Å². The Kier molecular flexibility index (Phi) is 5.60. The fraction of sp³-hybridized carbons (Fsp3) is 0.846. The highest BCUT2D eigenvalue weighted by Gasteiger charge is 2.22. The zero-order chi connectivity index (χ0) is 14.4. The number of rotatable bonds is 3. The summed E-state index contributed by atoms with van der Waals surface area (Å²) < 4.78 is 0. The summed E-state index contributed by atoms with van der Waals surface area (Å²) in [4.78, 5) is 26.6. The second-order valence-corrected chi connectivity index (χ2v) is 5.48. The molecule has 2 fully saturated rings. The number of urea groups is 1. The molecule has 0 aromatic heterocycles. The van der Waals surface area contributed by atoms with E-state index in [2.05, 4.69) is 5.43 Å². The third-order valence-electron chi connectivity index (χ3n) is 3.84. The molecule has 2 N–H and O–H groups in total. The van der Waals surface area contributed by atoms with Gasteiger partial charge in [-0.05, 0) is 19.3 Å². The van der Waals surface area contributed by atoms with E-state index in [1.807, 2.05) is 9.91 Å². The van der Waals surface area contributed by atoms with Crippen LogP contribution >= 0.6 is 0 Å². The highest BCUT2D eigenvalue weighted by molar-refractivity contribution is 5.73. The zero-order valence-electron chi connectivity index (χ0n) is 11.9. The fourth-order valence-electron chi connectivity index (χ4n) is 2.74. The molecule has 20 heavy (non-hydrogen) atoms. The van der Waals surface area contributed by atoms with Crippen molar-refractivity contribution in [3.8, 4) is 0 Å². The topological polar surface area (TPSA) is 76.1 Å². The highest BCUT2D eigenvalue weighted by atomic mass is 16.4. The minimum absolute atomic E-state index is 0.0518. The Balaban J connectivity index is 1.77. The number of carbonyl (C=O) groups is 2. The summed E-state index contributed by atoms with van der Waals surface area (Å²) in [6.45, 7) is 4.54. The second kappa shape index (κ2) is 7.44. The molecular weight excluding hydrogens is 260 g/mol. The van der Waals surface area contributed by atoms with Crippen LogP contribution in [0, 0.1) is 0 Å². The van der Waals surface area contributed by atoms with Gasteiger partial charge in [-0.15, -0.1) is 0 Å². The van der Waals surface area contributed by atoms with Crippen LogP contribution in [0.3, 0.4) is 0 Å². The molecule has 0 saturated carbocycles. The number of nitrogens with zero attached hydrogens (tertiary/aromatic N) is 3. The lowest BCUT2D eigenvalue weighted by molar-refractivity contribution is -0.138. The molecule has 2 amide bonds. The van der Waals surface area contributed by atoms with Crippen molar-refractivity contribution in [2.75, 3.05) is 45.8 Å². The Morgan fingerprint density at radius 2 is 1.65 bits per heavy atom. The van der Waals surface area contributed by atoms with E-state index in [0.29, 0.717) is 19.6 Å². The van der Waals surface area contributed by atoms with E-state index >= 15 is 0 Å². The molecule has 2 heterocycles. The minimum atomic E-state index is -0.809. The smallest absolute Gasteiger partial charge is 0.331 e. The number of carboxylic acids is 1. The third kappa shape index (κ3) is 4.64. The summed E-state index contributed by atoms with van der Waals surface area (Å²) in [7, 11) is 0. The van der Waals surface area contributed by atoms with Crippen molar-refractivity contribution in [3.63, 3.8) is 0 Å². The first-order valence-electron chi connectivity index (χ1n) is 7.40. The van der Waals surface area contributed by atoms with Crippen LogP contribution in [0.2, 0.25) is 0 Å². The number of hydrogen-bond donors (Lipinski definition) is 2. The van der Waals surface area contributed by atoms with Crippen LogP contribution in [0.1, 0.15) is 25.7 Å². The summed E-state index contributed by atoms with van der Waals surface area (Å²) in [5.41, 5.74) is 2.96. The standard InChI is InChI=1S/C13H24N4O3/c18-12(19)11-15-5-4-6-16(10-9-15)13(20)14-17-7-2-1-3-8-17/h1-11H2,(H,14,20)(H,18,19). The van der Waals surface area contributed by atoms with Gasteiger partial charge >= 0.3 is 12.0 Å². The van der Waals surface area contributed by atoms with Gasteiger partial charge in [0.15, 0.2) is 0 Å². The van der Waals surface area contributed by atoms with E-state index < -0.39 is 5.97 Å². The van der Waals surface area contributed by atoms with Crippen molar-refractivity contribution in [3.05, 3.63) is 0 Å². The molecule has 114 valence electrons.